The molecule has 1 N–H and O–H groups in total. The van der Waals surface area contributed by atoms with E-state index in [4.69, 9.17) is 0 Å². The molecule has 2 rings (SSSR count). The highest BCUT2D eigenvalue weighted by molar-refractivity contribution is 7.17. The van der Waals surface area contributed by atoms with E-state index in [0.29, 0.717) is 5.92 Å². The molecular weight excluding hydrogens is 258 g/mol. The van der Waals surface area contributed by atoms with Gasteiger partial charge in [-0.15, -0.1) is 11.3 Å². The summed E-state index contributed by atoms with van der Waals surface area (Å²) in [6, 6.07) is 0. The van der Waals surface area contributed by atoms with Gasteiger partial charge in [0.25, 0.3) is 5.56 Å². The van der Waals surface area contributed by atoms with Crippen LogP contribution in [0.1, 0.15) is 25.8 Å². The van der Waals surface area contributed by atoms with E-state index in [1.165, 1.54) is 11.3 Å². The number of thiophene rings is 1. The SMILES string of the molecule is Cc1csc2c(=O)n(CCCNCC(C)C)cnc12. The third-order valence-electron chi connectivity index (χ3n) is 3.03. The van der Waals surface area contributed by atoms with Crippen LogP contribution in [0.4, 0.5) is 0 Å². The van der Waals surface area contributed by atoms with Gasteiger partial charge in [0.15, 0.2) is 0 Å². The van der Waals surface area contributed by atoms with E-state index in [1.807, 2.05) is 12.3 Å². The lowest BCUT2D eigenvalue weighted by Crippen LogP contribution is -2.25. The summed E-state index contributed by atoms with van der Waals surface area (Å²) in [5.74, 6) is 0.662. The zero-order valence-corrected chi connectivity index (χ0v) is 12.6. The summed E-state index contributed by atoms with van der Waals surface area (Å²) < 4.78 is 2.49. The first-order valence-corrected chi connectivity index (χ1v) is 7.61. The number of nitrogens with zero attached hydrogens (tertiary/aromatic N) is 2. The Morgan fingerprint density at radius 2 is 2.26 bits per heavy atom. The van der Waals surface area contributed by atoms with Crippen LogP contribution < -0.4 is 10.9 Å². The third-order valence-corrected chi connectivity index (χ3v) is 4.10. The number of hydrogen-bond donors (Lipinski definition) is 1. The smallest absolute Gasteiger partial charge is 0.271 e. The highest BCUT2D eigenvalue weighted by Crippen LogP contribution is 2.19. The number of hydrogen-bond acceptors (Lipinski definition) is 4. The zero-order valence-electron chi connectivity index (χ0n) is 11.8. The van der Waals surface area contributed by atoms with Crippen LogP contribution in [0.15, 0.2) is 16.5 Å². The zero-order chi connectivity index (χ0) is 13.8. The molecule has 0 aliphatic heterocycles. The third kappa shape index (κ3) is 3.42. The van der Waals surface area contributed by atoms with Crippen LogP contribution >= 0.6 is 11.3 Å². The van der Waals surface area contributed by atoms with E-state index in [9.17, 15) is 4.79 Å². The topological polar surface area (TPSA) is 46.9 Å². The van der Waals surface area contributed by atoms with E-state index in [2.05, 4.69) is 24.1 Å². The molecular formula is C14H21N3OS. The lowest BCUT2D eigenvalue weighted by atomic mass is 10.2. The fraction of sp³-hybridized carbons (Fsp3) is 0.571. The van der Waals surface area contributed by atoms with Crippen molar-refractivity contribution < 1.29 is 0 Å². The maximum absolute atomic E-state index is 12.2. The Labute approximate surface area is 117 Å². The number of rotatable bonds is 6. The molecule has 0 saturated carbocycles. The van der Waals surface area contributed by atoms with Gasteiger partial charge in [-0.3, -0.25) is 9.36 Å². The predicted molar refractivity (Wildman–Crippen MR) is 80.9 cm³/mol. The summed E-state index contributed by atoms with van der Waals surface area (Å²) in [5, 5.41) is 5.38. The minimum Gasteiger partial charge on any atom is -0.316 e. The van der Waals surface area contributed by atoms with Crippen molar-refractivity contribution in [3.63, 3.8) is 0 Å². The molecule has 0 bridgehead atoms. The van der Waals surface area contributed by atoms with Gasteiger partial charge in [-0.2, -0.15) is 0 Å². The first-order chi connectivity index (χ1) is 9.09. The van der Waals surface area contributed by atoms with Crippen molar-refractivity contribution in [2.24, 2.45) is 5.92 Å². The number of fused-ring (bicyclic) bond motifs is 1. The van der Waals surface area contributed by atoms with Gasteiger partial charge in [0, 0.05) is 6.54 Å². The maximum Gasteiger partial charge on any atom is 0.271 e. The molecule has 0 fully saturated rings. The van der Waals surface area contributed by atoms with Crippen LogP contribution in [-0.2, 0) is 6.54 Å². The first-order valence-electron chi connectivity index (χ1n) is 6.73. The molecule has 5 heteroatoms. The molecule has 0 aliphatic rings. The minimum atomic E-state index is 0.0898. The van der Waals surface area contributed by atoms with Crippen molar-refractivity contribution >= 4 is 21.6 Å². The normalized spacial score (nSPS) is 11.6. The summed E-state index contributed by atoms with van der Waals surface area (Å²) in [7, 11) is 0. The average molecular weight is 279 g/mol. The van der Waals surface area contributed by atoms with Crippen LogP contribution in [-0.4, -0.2) is 22.6 Å². The van der Waals surface area contributed by atoms with Gasteiger partial charge in [0.1, 0.15) is 4.70 Å². The summed E-state index contributed by atoms with van der Waals surface area (Å²) in [5.41, 5.74) is 2.03. The van der Waals surface area contributed by atoms with E-state index in [1.54, 1.807) is 10.9 Å². The van der Waals surface area contributed by atoms with Crippen molar-refractivity contribution in [2.75, 3.05) is 13.1 Å². The Morgan fingerprint density at radius 1 is 1.47 bits per heavy atom. The van der Waals surface area contributed by atoms with Gasteiger partial charge < -0.3 is 5.32 Å². The standard InChI is InChI=1S/C14H21N3OS/c1-10(2)7-15-5-4-6-17-9-16-12-11(3)8-19-13(12)14(17)18/h8-10,15H,4-7H2,1-3H3. The molecule has 0 aliphatic carbocycles. The number of nitrogens with one attached hydrogen (secondary N) is 1. The van der Waals surface area contributed by atoms with E-state index in [0.717, 1.165) is 41.8 Å². The van der Waals surface area contributed by atoms with Crippen molar-refractivity contribution in [1.29, 1.82) is 0 Å². The molecule has 2 aromatic rings. The molecule has 104 valence electrons. The Balaban J connectivity index is 1.98. The van der Waals surface area contributed by atoms with Crippen molar-refractivity contribution in [3.8, 4) is 0 Å². The van der Waals surface area contributed by atoms with Gasteiger partial charge in [-0.1, -0.05) is 13.8 Å². The van der Waals surface area contributed by atoms with E-state index < -0.39 is 0 Å². The Kier molecular flexibility index (Phi) is 4.71. The van der Waals surface area contributed by atoms with E-state index in [-0.39, 0.29) is 5.56 Å². The minimum absolute atomic E-state index is 0.0898. The summed E-state index contributed by atoms with van der Waals surface area (Å²) in [6.45, 7) is 9.06. The predicted octanol–water partition coefficient (Wildman–Crippen LogP) is 2.40. The maximum atomic E-state index is 12.2. The molecule has 19 heavy (non-hydrogen) atoms. The number of aryl methyl sites for hydroxylation is 2. The molecule has 0 amide bonds. The Bertz CT molecular complexity index is 600. The highest BCUT2D eigenvalue weighted by atomic mass is 32.1. The Hall–Kier alpha value is -1.20. The molecule has 2 heterocycles. The fourth-order valence-electron chi connectivity index (χ4n) is 1.98. The van der Waals surface area contributed by atoms with Crippen LogP contribution in [0, 0.1) is 12.8 Å². The second-order valence-electron chi connectivity index (χ2n) is 5.29. The molecule has 0 saturated heterocycles. The fourth-order valence-corrected chi connectivity index (χ4v) is 2.93. The molecule has 2 aromatic heterocycles. The first kappa shape index (κ1) is 14.2. The lowest BCUT2D eigenvalue weighted by molar-refractivity contribution is 0.517. The summed E-state index contributed by atoms with van der Waals surface area (Å²) in [6.07, 6.45) is 2.62. The van der Waals surface area contributed by atoms with Crippen LogP contribution in [0.5, 0.6) is 0 Å². The van der Waals surface area contributed by atoms with Gasteiger partial charge in [-0.25, -0.2) is 4.98 Å². The average Bonchev–Trinajstić information content (AvgIpc) is 2.74. The molecule has 0 radical (unpaired) electrons. The van der Waals surface area contributed by atoms with Crippen molar-refractivity contribution in [1.82, 2.24) is 14.9 Å². The largest absolute Gasteiger partial charge is 0.316 e. The quantitative estimate of drug-likeness (QED) is 0.826. The molecule has 0 unspecified atom stereocenters. The second-order valence-corrected chi connectivity index (χ2v) is 6.17. The Morgan fingerprint density at radius 3 is 3.00 bits per heavy atom. The highest BCUT2D eigenvalue weighted by Gasteiger charge is 2.07. The van der Waals surface area contributed by atoms with Crippen LogP contribution in [0.25, 0.3) is 10.2 Å². The molecule has 0 atom stereocenters. The number of aromatic nitrogens is 2. The summed E-state index contributed by atoms with van der Waals surface area (Å²) >= 11 is 1.49. The van der Waals surface area contributed by atoms with Crippen LogP contribution in [0.2, 0.25) is 0 Å². The van der Waals surface area contributed by atoms with Gasteiger partial charge in [-0.05, 0) is 43.3 Å². The van der Waals surface area contributed by atoms with Gasteiger partial charge >= 0.3 is 0 Å². The monoisotopic (exact) mass is 279 g/mol. The van der Waals surface area contributed by atoms with Crippen molar-refractivity contribution in [2.45, 2.75) is 33.7 Å². The molecule has 4 nitrogen and oxygen atoms in total. The van der Waals surface area contributed by atoms with Gasteiger partial charge in [0.05, 0.1) is 11.8 Å². The molecule has 0 spiro atoms. The van der Waals surface area contributed by atoms with Gasteiger partial charge in [0.2, 0.25) is 0 Å². The van der Waals surface area contributed by atoms with E-state index >= 15 is 0 Å². The molecule has 0 aromatic carbocycles. The van der Waals surface area contributed by atoms with Crippen molar-refractivity contribution in [3.05, 3.63) is 27.6 Å². The lowest BCUT2D eigenvalue weighted by Gasteiger charge is -2.08. The second kappa shape index (κ2) is 6.30. The van der Waals surface area contributed by atoms with Crippen LogP contribution in [0.3, 0.4) is 0 Å². The summed E-state index contributed by atoms with van der Waals surface area (Å²) in [4.78, 5) is 16.6.